The quantitative estimate of drug-likeness (QED) is 0.644. The third-order valence-corrected chi connectivity index (χ3v) is 3.50. The zero-order valence-electron chi connectivity index (χ0n) is 11.6. The number of nitrogens with two attached hydrogens (primary N) is 1. The minimum Gasteiger partial charge on any atom is -0.341 e. The van der Waals surface area contributed by atoms with Gasteiger partial charge >= 0.3 is 0 Å². The Kier molecular flexibility index (Phi) is 3.51. The molecule has 0 aliphatic carbocycles. The summed E-state index contributed by atoms with van der Waals surface area (Å²) in [4.78, 5) is 11.3. The van der Waals surface area contributed by atoms with E-state index in [1.54, 1.807) is 10.9 Å². The number of aromatic nitrogens is 4. The molecule has 0 amide bonds. The van der Waals surface area contributed by atoms with Gasteiger partial charge in [0.15, 0.2) is 0 Å². The molecular formula is C13H19N7. The minimum absolute atomic E-state index is 0.624. The Labute approximate surface area is 117 Å². The minimum atomic E-state index is 0.624. The molecule has 1 saturated heterocycles. The van der Waals surface area contributed by atoms with Gasteiger partial charge in [0.05, 0.1) is 11.9 Å². The van der Waals surface area contributed by atoms with E-state index in [4.69, 9.17) is 5.84 Å². The maximum absolute atomic E-state index is 5.52. The van der Waals surface area contributed by atoms with E-state index in [1.807, 2.05) is 19.3 Å². The molecule has 3 rings (SSSR count). The van der Waals surface area contributed by atoms with Gasteiger partial charge in [-0.25, -0.2) is 10.8 Å². The van der Waals surface area contributed by atoms with Gasteiger partial charge in [-0.2, -0.15) is 10.1 Å². The van der Waals surface area contributed by atoms with E-state index in [2.05, 4.69) is 25.4 Å². The van der Waals surface area contributed by atoms with Crippen LogP contribution < -0.4 is 16.2 Å². The predicted octanol–water partition coefficient (Wildman–Crippen LogP) is 1.15. The van der Waals surface area contributed by atoms with Crippen LogP contribution in [0.1, 0.15) is 19.3 Å². The van der Waals surface area contributed by atoms with Crippen LogP contribution in [-0.4, -0.2) is 32.8 Å². The smallest absolute Gasteiger partial charge is 0.227 e. The van der Waals surface area contributed by atoms with Crippen molar-refractivity contribution in [1.82, 2.24) is 19.7 Å². The van der Waals surface area contributed by atoms with Gasteiger partial charge in [-0.05, 0) is 19.3 Å². The monoisotopic (exact) mass is 273 g/mol. The van der Waals surface area contributed by atoms with Crippen molar-refractivity contribution in [2.45, 2.75) is 19.3 Å². The van der Waals surface area contributed by atoms with Gasteiger partial charge in [-0.3, -0.25) is 4.68 Å². The molecule has 0 atom stereocenters. The second kappa shape index (κ2) is 5.46. The average Bonchev–Trinajstić information content (AvgIpc) is 2.94. The molecule has 3 N–H and O–H groups in total. The zero-order valence-corrected chi connectivity index (χ0v) is 11.6. The second-order valence-electron chi connectivity index (χ2n) is 5.03. The molecule has 0 unspecified atom stereocenters. The number of hydrogen-bond acceptors (Lipinski definition) is 6. The van der Waals surface area contributed by atoms with Crippen LogP contribution in [-0.2, 0) is 7.05 Å². The number of hydrazine groups is 1. The topological polar surface area (TPSA) is 84.9 Å². The molecule has 2 aromatic rings. The number of hydrogen-bond donors (Lipinski definition) is 2. The molecule has 1 aliphatic rings. The zero-order chi connectivity index (χ0) is 13.9. The van der Waals surface area contributed by atoms with Gasteiger partial charge in [0.1, 0.15) is 5.82 Å². The number of nitrogen functional groups attached to an aromatic ring is 1. The van der Waals surface area contributed by atoms with E-state index in [9.17, 15) is 0 Å². The number of rotatable bonds is 3. The van der Waals surface area contributed by atoms with Crippen molar-refractivity contribution in [2.75, 3.05) is 23.4 Å². The van der Waals surface area contributed by atoms with E-state index in [-0.39, 0.29) is 0 Å². The van der Waals surface area contributed by atoms with E-state index in [0.717, 1.165) is 30.3 Å². The summed E-state index contributed by atoms with van der Waals surface area (Å²) >= 11 is 0. The number of aryl methyl sites for hydroxylation is 1. The summed E-state index contributed by atoms with van der Waals surface area (Å²) in [7, 11) is 1.89. The van der Waals surface area contributed by atoms with Crippen molar-refractivity contribution in [3.63, 3.8) is 0 Å². The largest absolute Gasteiger partial charge is 0.341 e. The number of nitrogens with one attached hydrogen (secondary N) is 1. The van der Waals surface area contributed by atoms with Crippen molar-refractivity contribution >= 4 is 11.8 Å². The van der Waals surface area contributed by atoms with Gasteiger partial charge in [0.2, 0.25) is 5.95 Å². The van der Waals surface area contributed by atoms with Crippen LogP contribution in [0.15, 0.2) is 18.5 Å². The third-order valence-electron chi connectivity index (χ3n) is 3.50. The van der Waals surface area contributed by atoms with Crippen LogP contribution in [0.3, 0.4) is 0 Å². The first-order chi connectivity index (χ1) is 9.76. The first-order valence-corrected chi connectivity index (χ1v) is 6.86. The van der Waals surface area contributed by atoms with Crippen LogP contribution in [0.2, 0.25) is 0 Å². The molecule has 1 aliphatic heterocycles. The average molecular weight is 273 g/mol. The Bertz CT molecular complexity index is 586. The highest BCUT2D eigenvalue weighted by molar-refractivity contribution is 5.63. The van der Waals surface area contributed by atoms with Gasteiger partial charge in [-0.15, -0.1) is 0 Å². The summed E-state index contributed by atoms with van der Waals surface area (Å²) in [5, 5.41) is 4.18. The van der Waals surface area contributed by atoms with Crippen LogP contribution in [0.4, 0.5) is 11.8 Å². The Morgan fingerprint density at radius 1 is 1.20 bits per heavy atom. The van der Waals surface area contributed by atoms with Gasteiger partial charge in [0, 0.05) is 38.0 Å². The maximum atomic E-state index is 5.52. The summed E-state index contributed by atoms with van der Waals surface area (Å²) in [5.41, 5.74) is 4.42. The van der Waals surface area contributed by atoms with Crippen LogP contribution >= 0.6 is 0 Å². The van der Waals surface area contributed by atoms with Crippen LogP contribution in [0.5, 0.6) is 0 Å². The lowest BCUT2D eigenvalue weighted by atomic mass is 10.1. The van der Waals surface area contributed by atoms with E-state index >= 15 is 0 Å². The molecule has 0 spiro atoms. The Morgan fingerprint density at radius 3 is 2.65 bits per heavy atom. The Hall–Kier alpha value is -2.15. The van der Waals surface area contributed by atoms with Crippen molar-refractivity contribution < 1.29 is 0 Å². The molecule has 7 heteroatoms. The molecular weight excluding hydrogens is 254 g/mol. The molecule has 106 valence electrons. The second-order valence-corrected chi connectivity index (χ2v) is 5.03. The fraction of sp³-hybridized carbons (Fsp3) is 0.462. The predicted molar refractivity (Wildman–Crippen MR) is 78.1 cm³/mol. The Balaban J connectivity index is 1.97. The van der Waals surface area contributed by atoms with Crippen LogP contribution in [0.25, 0.3) is 11.3 Å². The summed E-state index contributed by atoms with van der Waals surface area (Å²) < 4.78 is 1.76. The molecule has 1 fully saturated rings. The lowest BCUT2D eigenvalue weighted by molar-refractivity contribution is 0.568. The first kappa shape index (κ1) is 12.9. The van der Waals surface area contributed by atoms with E-state index in [0.29, 0.717) is 5.82 Å². The summed E-state index contributed by atoms with van der Waals surface area (Å²) in [5.74, 6) is 6.88. The highest BCUT2D eigenvalue weighted by Crippen LogP contribution is 2.23. The number of anilines is 2. The summed E-state index contributed by atoms with van der Waals surface area (Å²) in [6.07, 6.45) is 7.38. The van der Waals surface area contributed by atoms with Crippen molar-refractivity contribution in [1.29, 1.82) is 0 Å². The van der Waals surface area contributed by atoms with Gasteiger partial charge in [-0.1, -0.05) is 0 Å². The Morgan fingerprint density at radius 2 is 2.00 bits per heavy atom. The highest BCUT2D eigenvalue weighted by Gasteiger charge is 2.16. The maximum Gasteiger partial charge on any atom is 0.227 e. The molecule has 0 aromatic carbocycles. The van der Waals surface area contributed by atoms with Crippen LogP contribution in [0, 0.1) is 0 Å². The first-order valence-electron chi connectivity index (χ1n) is 6.86. The van der Waals surface area contributed by atoms with E-state index < -0.39 is 0 Å². The lowest BCUT2D eigenvalue weighted by Crippen LogP contribution is -2.31. The van der Waals surface area contributed by atoms with Crippen molar-refractivity contribution in [3.8, 4) is 11.3 Å². The fourth-order valence-corrected chi connectivity index (χ4v) is 2.45. The lowest BCUT2D eigenvalue weighted by Gasteiger charge is -2.27. The molecule has 7 nitrogen and oxygen atoms in total. The molecule has 0 bridgehead atoms. The van der Waals surface area contributed by atoms with Gasteiger partial charge in [0.25, 0.3) is 0 Å². The summed E-state index contributed by atoms with van der Waals surface area (Å²) in [6.45, 7) is 2.00. The van der Waals surface area contributed by atoms with Gasteiger partial charge < -0.3 is 10.3 Å². The standard InChI is InChI=1S/C13H19N7/c1-19-9-10(8-15-19)11-7-12(18-14)17-13(16-11)20-5-3-2-4-6-20/h7-9H,2-6,14H2,1H3,(H,16,17,18). The molecule has 0 saturated carbocycles. The highest BCUT2D eigenvalue weighted by atomic mass is 15.3. The summed E-state index contributed by atoms with van der Waals surface area (Å²) in [6, 6.07) is 1.84. The van der Waals surface area contributed by atoms with Crippen molar-refractivity contribution in [3.05, 3.63) is 18.5 Å². The molecule has 0 radical (unpaired) electrons. The van der Waals surface area contributed by atoms with Crippen molar-refractivity contribution in [2.24, 2.45) is 12.9 Å². The number of piperidine rings is 1. The fourth-order valence-electron chi connectivity index (χ4n) is 2.45. The molecule has 3 heterocycles. The normalized spacial score (nSPS) is 15.4. The number of nitrogens with zero attached hydrogens (tertiary/aromatic N) is 5. The molecule has 20 heavy (non-hydrogen) atoms. The third kappa shape index (κ3) is 2.57. The van der Waals surface area contributed by atoms with E-state index in [1.165, 1.54) is 19.3 Å². The molecule has 2 aromatic heterocycles. The SMILES string of the molecule is Cn1cc(-c2cc(NN)nc(N3CCCCC3)n2)cn1.